The van der Waals surface area contributed by atoms with E-state index in [0.29, 0.717) is 19.6 Å². The van der Waals surface area contributed by atoms with Gasteiger partial charge in [0.15, 0.2) is 6.61 Å². The van der Waals surface area contributed by atoms with Gasteiger partial charge in [0.05, 0.1) is 19.6 Å². The van der Waals surface area contributed by atoms with E-state index < -0.39 is 24.5 Å². The van der Waals surface area contributed by atoms with Gasteiger partial charge in [-0.25, -0.2) is 9.59 Å². The summed E-state index contributed by atoms with van der Waals surface area (Å²) in [6.07, 6.45) is 1.31. The SMILES string of the molecule is C=C(CC(=O)OCCC)C(=O)OCC(=O)OCCOCCC. The summed E-state index contributed by atoms with van der Waals surface area (Å²) in [4.78, 5) is 34.1. The van der Waals surface area contributed by atoms with E-state index in [1.54, 1.807) is 0 Å². The van der Waals surface area contributed by atoms with Crippen LogP contribution < -0.4 is 0 Å². The van der Waals surface area contributed by atoms with Crippen LogP contribution in [0.2, 0.25) is 0 Å². The quantitative estimate of drug-likeness (QED) is 0.233. The molecule has 0 spiro atoms. The van der Waals surface area contributed by atoms with Gasteiger partial charge in [-0.2, -0.15) is 0 Å². The molecule has 0 aliphatic carbocycles. The van der Waals surface area contributed by atoms with E-state index >= 15 is 0 Å². The van der Waals surface area contributed by atoms with Gasteiger partial charge in [0.25, 0.3) is 0 Å². The summed E-state index contributed by atoms with van der Waals surface area (Å²) in [6.45, 7) is 8.00. The van der Waals surface area contributed by atoms with Gasteiger partial charge in [-0.05, 0) is 12.8 Å². The lowest BCUT2D eigenvalue weighted by Gasteiger charge is -2.08. The maximum Gasteiger partial charge on any atom is 0.344 e. The number of hydrogen-bond donors (Lipinski definition) is 0. The topological polar surface area (TPSA) is 88.1 Å². The van der Waals surface area contributed by atoms with Crippen LogP contribution >= 0.6 is 0 Å². The van der Waals surface area contributed by atoms with Crippen molar-refractivity contribution in [2.75, 3.05) is 33.0 Å². The molecule has 0 aromatic heterocycles. The molecule has 0 amide bonds. The van der Waals surface area contributed by atoms with Crippen LogP contribution in [0.5, 0.6) is 0 Å². The van der Waals surface area contributed by atoms with Gasteiger partial charge in [-0.1, -0.05) is 20.4 Å². The molecule has 0 aromatic carbocycles. The van der Waals surface area contributed by atoms with E-state index in [9.17, 15) is 14.4 Å². The summed E-state index contributed by atoms with van der Waals surface area (Å²) in [7, 11) is 0. The van der Waals surface area contributed by atoms with Crippen LogP contribution in [-0.4, -0.2) is 50.9 Å². The monoisotopic (exact) mass is 316 g/mol. The molecule has 0 aliphatic heterocycles. The Labute approximate surface area is 130 Å². The summed E-state index contributed by atoms with van der Waals surface area (Å²) >= 11 is 0. The van der Waals surface area contributed by atoms with Gasteiger partial charge < -0.3 is 18.9 Å². The molecule has 0 N–H and O–H groups in total. The molecule has 0 saturated heterocycles. The van der Waals surface area contributed by atoms with Crippen molar-refractivity contribution in [1.82, 2.24) is 0 Å². The second-order valence-electron chi connectivity index (χ2n) is 4.41. The van der Waals surface area contributed by atoms with Crippen molar-refractivity contribution in [1.29, 1.82) is 0 Å². The van der Waals surface area contributed by atoms with E-state index in [-0.39, 0.29) is 25.2 Å². The largest absolute Gasteiger partial charge is 0.465 e. The zero-order chi connectivity index (χ0) is 16.8. The number of carbonyl (C=O) groups excluding carboxylic acids is 3. The van der Waals surface area contributed by atoms with Crippen molar-refractivity contribution in [3.8, 4) is 0 Å². The molecule has 126 valence electrons. The molecule has 0 bridgehead atoms. The van der Waals surface area contributed by atoms with Crippen LogP contribution in [0.1, 0.15) is 33.1 Å². The Morgan fingerprint density at radius 1 is 0.818 bits per heavy atom. The fourth-order valence-electron chi connectivity index (χ4n) is 1.24. The third-order valence-corrected chi connectivity index (χ3v) is 2.27. The Kier molecular flexibility index (Phi) is 11.7. The van der Waals surface area contributed by atoms with E-state index in [2.05, 4.69) is 11.3 Å². The first-order valence-electron chi connectivity index (χ1n) is 7.25. The molecule has 0 aliphatic rings. The van der Waals surface area contributed by atoms with E-state index in [1.165, 1.54) is 0 Å². The van der Waals surface area contributed by atoms with Crippen LogP contribution in [0.15, 0.2) is 12.2 Å². The Hall–Kier alpha value is -1.89. The minimum atomic E-state index is -0.826. The molecule has 0 unspecified atom stereocenters. The third kappa shape index (κ3) is 10.8. The van der Waals surface area contributed by atoms with E-state index in [4.69, 9.17) is 14.2 Å². The summed E-state index contributed by atoms with van der Waals surface area (Å²) in [5.41, 5.74) is -0.0693. The molecule has 0 fully saturated rings. The predicted molar refractivity (Wildman–Crippen MR) is 78.0 cm³/mol. The van der Waals surface area contributed by atoms with Gasteiger partial charge in [-0.3, -0.25) is 4.79 Å². The first kappa shape index (κ1) is 20.1. The van der Waals surface area contributed by atoms with Crippen LogP contribution in [0.4, 0.5) is 0 Å². The molecule has 0 heterocycles. The molecular weight excluding hydrogens is 292 g/mol. The Morgan fingerprint density at radius 2 is 1.45 bits per heavy atom. The maximum atomic E-state index is 11.5. The number of ether oxygens (including phenoxy) is 4. The van der Waals surface area contributed by atoms with Crippen LogP contribution in [0.3, 0.4) is 0 Å². The highest BCUT2D eigenvalue weighted by Gasteiger charge is 2.15. The summed E-state index contributed by atoms with van der Waals surface area (Å²) in [6, 6.07) is 0. The molecule has 0 rings (SSSR count). The van der Waals surface area contributed by atoms with Crippen molar-refractivity contribution >= 4 is 17.9 Å². The summed E-state index contributed by atoms with van der Waals surface area (Å²) < 4.78 is 19.4. The van der Waals surface area contributed by atoms with Gasteiger partial charge in [0, 0.05) is 12.2 Å². The lowest BCUT2D eigenvalue weighted by molar-refractivity contribution is -0.158. The van der Waals surface area contributed by atoms with Crippen molar-refractivity contribution in [3.63, 3.8) is 0 Å². The van der Waals surface area contributed by atoms with Crippen LogP contribution in [0, 0.1) is 0 Å². The standard InChI is InChI=1S/C15H24O7/c1-4-6-19-8-9-21-14(17)11-22-15(18)12(3)10-13(16)20-7-5-2/h3-11H2,1-2H3. The normalized spacial score (nSPS) is 9.91. The number of carbonyl (C=O) groups is 3. The predicted octanol–water partition coefficient (Wildman–Crippen LogP) is 1.40. The minimum Gasteiger partial charge on any atom is -0.465 e. The Balaban J connectivity index is 3.80. The molecule has 0 aromatic rings. The summed E-state index contributed by atoms with van der Waals surface area (Å²) in [5, 5.41) is 0. The fourth-order valence-corrected chi connectivity index (χ4v) is 1.24. The first-order valence-corrected chi connectivity index (χ1v) is 7.25. The molecule has 0 radical (unpaired) electrons. The number of esters is 3. The van der Waals surface area contributed by atoms with Gasteiger partial charge in [0.2, 0.25) is 0 Å². The molecule has 0 saturated carbocycles. The van der Waals surface area contributed by atoms with Crippen molar-refractivity contribution < 1.29 is 33.3 Å². The van der Waals surface area contributed by atoms with Gasteiger partial charge in [0.1, 0.15) is 6.61 Å². The minimum absolute atomic E-state index is 0.0693. The zero-order valence-electron chi connectivity index (χ0n) is 13.2. The van der Waals surface area contributed by atoms with Crippen LogP contribution in [-0.2, 0) is 33.3 Å². The Bertz CT molecular complexity index is 376. The van der Waals surface area contributed by atoms with Crippen molar-refractivity contribution in [2.24, 2.45) is 0 Å². The highest BCUT2D eigenvalue weighted by Crippen LogP contribution is 2.03. The lowest BCUT2D eigenvalue weighted by atomic mass is 10.2. The smallest absolute Gasteiger partial charge is 0.344 e. The average molecular weight is 316 g/mol. The highest BCUT2D eigenvalue weighted by atomic mass is 16.6. The zero-order valence-corrected chi connectivity index (χ0v) is 13.2. The van der Waals surface area contributed by atoms with E-state index in [0.717, 1.165) is 6.42 Å². The Morgan fingerprint density at radius 3 is 2.09 bits per heavy atom. The second kappa shape index (κ2) is 12.8. The van der Waals surface area contributed by atoms with E-state index in [1.807, 2.05) is 13.8 Å². The molecular formula is C15H24O7. The van der Waals surface area contributed by atoms with Gasteiger partial charge in [-0.15, -0.1) is 0 Å². The highest BCUT2D eigenvalue weighted by molar-refractivity contribution is 5.94. The molecule has 7 nitrogen and oxygen atoms in total. The fraction of sp³-hybridized carbons (Fsp3) is 0.667. The van der Waals surface area contributed by atoms with Crippen molar-refractivity contribution in [3.05, 3.63) is 12.2 Å². The number of rotatable bonds is 12. The second-order valence-corrected chi connectivity index (χ2v) is 4.41. The maximum absolute atomic E-state index is 11.5. The molecule has 22 heavy (non-hydrogen) atoms. The average Bonchev–Trinajstić information content (AvgIpc) is 2.50. The lowest BCUT2D eigenvalue weighted by Crippen LogP contribution is -2.20. The van der Waals surface area contributed by atoms with Crippen LogP contribution in [0.25, 0.3) is 0 Å². The van der Waals surface area contributed by atoms with Crippen molar-refractivity contribution in [2.45, 2.75) is 33.1 Å². The summed E-state index contributed by atoms with van der Waals surface area (Å²) in [5.74, 6) is -2.07. The third-order valence-electron chi connectivity index (χ3n) is 2.27. The first-order chi connectivity index (χ1) is 10.5. The van der Waals surface area contributed by atoms with Gasteiger partial charge >= 0.3 is 17.9 Å². The molecule has 7 heteroatoms. The molecule has 0 atom stereocenters. The number of hydrogen-bond acceptors (Lipinski definition) is 7.